The molecule has 1 aromatic heterocycles. The van der Waals surface area contributed by atoms with Gasteiger partial charge in [-0.3, -0.25) is 4.79 Å². The molecule has 0 bridgehead atoms. The van der Waals surface area contributed by atoms with Crippen molar-refractivity contribution >= 4 is 18.2 Å². The van der Waals surface area contributed by atoms with Gasteiger partial charge in [0.15, 0.2) is 11.5 Å². The van der Waals surface area contributed by atoms with Crippen LogP contribution in [-0.2, 0) is 17.6 Å². The summed E-state index contributed by atoms with van der Waals surface area (Å²) in [5, 5.41) is 4.06. The third-order valence-corrected chi connectivity index (χ3v) is 6.34. The maximum Gasteiger partial charge on any atom is 0.174 e. The lowest BCUT2D eigenvalue weighted by molar-refractivity contribution is -0.119. The van der Waals surface area contributed by atoms with Crippen LogP contribution in [-0.4, -0.2) is 31.2 Å². The van der Waals surface area contributed by atoms with E-state index >= 15 is 0 Å². The van der Waals surface area contributed by atoms with Crippen molar-refractivity contribution in [2.24, 2.45) is 5.73 Å². The number of nitrogens with two attached hydrogens (primary N) is 1. The van der Waals surface area contributed by atoms with Gasteiger partial charge in [-0.1, -0.05) is 41.6 Å². The van der Waals surface area contributed by atoms with Crippen molar-refractivity contribution in [1.29, 1.82) is 0 Å². The molecular weight excluding hydrogens is 476 g/mol. The Bertz CT molecular complexity index is 1330. The Hall–Kier alpha value is -3.61. The third kappa shape index (κ3) is 5.78. The molecule has 0 aliphatic heterocycles. The van der Waals surface area contributed by atoms with Gasteiger partial charge in [0.25, 0.3) is 0 Å². The molecule has 0 amide bonds. The molecule has 0 saturated heterocycles. The van der Waals surface area contributed by atoms with Gasteiger partial charge in [-0.05, 0) is 66.8 Å². The van der Waals surface area contributed by atoms with Gasteiger partial charge in [0, 0.05) is 23.1 Å². The molecule has 0 aliphatic rings. The summed E-state index contributed by atoms with van der Waals surface area (Å²) in [6, 6.07) is 18.9. The van der Waals surface area contributed by atoms with E-state index in [0.29, 0.717) is 17.9 Å². The Morgan fingerprint density at radius 2 is 1.69 bits per heavy atom. The third-order valence-electron chi connectivity index (χ3n) is 6.34. The van der Waals surface area contributed by atoms with Crippen LogP contribution in [0.2, 0.25) is 0 Å². The minimum atomic E-state index is -0.597. The summed E-state index contributed by atoms with van der Waals surface area (Å²) >= 11 is 0. The van der Waals surface area contributed by atoms with Crippen LogP contribution < -0.4 is 15.2 Å². The van der Waals surface area contributed by atoms with Crippen LogP contribution in [0.1, 0.15) is 22.3 Å². The molecule has 0 radical (unpaired) electrons. The highest BCUT2D eigenvalue weighted by Gasteiger charge is 2.20. The van der Waals surface area contributed by atoms with Crippen molar-refractivity contribution in [2.75, 3.05) is 14.2 Å². The average Bonchev–Trinajstić information content (AvgIpc) is 3.36. The summed E-state index contributed by atoms with van der Waals surface area (Å²) in [4.78, 5) is 13.0. The number of carbonyl (C=O) groups excluding carboxylic acids is 1. The van der Waals surface area contributed by atoms with E-state index in [1.54, 1.807) is 20.4 Å². The summed E-state index contributed by atoms with van der Waals surface area (Å²) in [5.74, 6) is 2.01. The normalized spacial score (nSPS) is 11.5. The number of ketones is 1. The predicted octanol–water partition coefficient (Wildman–Crippen LogP) is 5.75. The monoisotopic (exact) mass is 506 g/mol. The molecule has 0 fully saturated rings. The Morgan fingerprint density at radius 1 is 0.972 bits per heavy atom. The summed E-state index contributed by atoms with van der Waals surface area (Å²) in [6.45, 7) is 4.06. The highest BCUT2D eigenvalue weighted by atomic mass is 35.5. The fraction of sp³-hybridized carbons (Fsp3) is 0.241. The number of halogens is 1. The van der Waals surface area contributed by atoms with E-state index in [1.165, 1.54) is 0 Å². The topological polar surface area (TPSA) is 87.6 Å². The van der Waals surface area contributed by atoms with Crippen molar-refractivity contribution in [3.63, 3.8) is 0 Å². The molecule has 1 atom stereocenters. The Morgan fingerprint density at radius 3 is 2.39 bits per heavy atom. The largest absolute Gasteiger partial charge is 0.496 e. The second-order valence-electron chi connectivity index (χ2n) is 8.65. The fourth-order valence-corrected chi connectivity index (χ4v) is 4.21. The average molecular weight is 507 g/mol. The smallest absolute Gasteiger partial charge is 0.174 e. The quantitative estimate of drug-likeness (QED) is 0.311. The lowest BCUT2D eigenvalue weighted by atomic mass is 9.94. The van der Waals surface area contributed by atoms with Crippen LogP contribution in [0.5, 0.6) is 11.5 Å². The number of ether oxygens (including phenoxy) is 2. The van der Waals surface area contributed by atoms with Crippen LogP contribution in [0.15, 0.2) is 71.4 Å². The van der Waals surface area contributed by atoms with E-state index in [9.17, 15) is 4.79 Å². The number of hydrogen-bond acceptors (Lipinski definition) is 6. The lowest BCUT2D eigenvalue weighted by Gasteiger charge is -2.14. The molecule has 36 heavy (non-hydrogen) atoms. The predicted molar refractivity (Wildman–Crippen MR) is 144 cm³/mol. The van der Waals surface area contributed by atoms with Crippen LogP contribution >= 0.6 is 12.4 Å². The first-order valence-electron chi connectivity index (χ1n) is 11.5. The number of carbonyl (C=O) groups is 1. The molecule has 0 spiro atoms. The number of methoxy groups -OCH3 is 2. The lowest BCUT2D eigenvalue weighted by Crippen LogP contribution is -2.34. The van der Waals surface area contributed by atoms with Crippen molar-refractivity contribution in [3.8, 4) is 33.9 Å². The van der Waals surface area contributed by atoms with E-state index in [0.717, 1.165) is 44.7 Å². The number of benzene rings is 3. The van der Waals surface area contributed by atoms with Crippen LogP contribution in [0.25, 0.3) is 22.5 Å². The highest BCUT2D eigenvalue weighted by molar-refractivity contribution is 5.88. The molecular formula is C29H31ClN2O4. The molecule has 4 aromatic rings. The number of rotatable bonds is 9. The fourth-order valence-electron chi connectivity index (χ4n) is 4.21. The van der Waals surface area contributed by atoms with E-state index in [2.05, 4.69) is 11.2 Å². The summed E-state index contributed by atoms with van der Waals surface area (Å²) < 4.78 is 16.7. The van der Waals surface area contributed by atoms with Gasteiger partial charge in [-0.15, -0.1) is 12.4 Å². The van der Waals surface area contributed by atoms with Crippen LogP contribution in [0.3, 0.4) is 0 Å². The summed E-state index contributed by atoms with van der Waals surface area (Å²) in [6.07, 6.45) is 2.35. The molecule has 0 aliphatic carbocycles. The molecule has 4 rings (SSSR count). The first kappa shape index (κ1) is 27.0. The van der Waals surface area contributed by atoms with E-state index in [4.69, 9.17) is 19.7 Å². The van der Waals surface area contributed by atoms with Crippen molar-refractivity contribution in [3.05, 3.63) is 89.1 Å². The maximum atomic E-state index is 13.0. The molecule has 1 heterocycles. The van der Waals surface area contributed by atoms with Gasteiger partial charge < -0.3 is 19.7 Å². The maximum absolute atomic E-state index is 13.0. The van der Waals surface area contributed by atoms with E-state index in [1.807, 2.05) is 68.4 Å². The molecule has 1 unspecified atom stereocenters. The van der Waals surface area contributed by atoms with Crippen LogP contribution in [0.4, 0.5) is 0 Å². The number of aromatic nitrogens is 1. The van der Waals surface area contributed by atoms with E-state index < -0.39 is 6.04 Å². The SMILES string of the molecule is COc1ccc(-c2cnoc2-c2cc(C)c(C)c(OC)c2)cc1CC(=O)C(N)Cc1ccccc1.Cl. The molecule has 3 aromatic carbocycles. The van der Waals surface area contributed by atoms with Crippen molar-refractivity contribution in [2.45, 2.75) is 32.7 Å². The number of hydrogen-bond donors (Lipinski definition) is 1. The minimum absolute atomic E-state index is 0. The highest BCUT2D eigenvalue weighted by Crippen LogP contribution is 2.37. The van der Waals surface area contributed by atoms with Gasteiger partial charge in [-0.2, -0.15) is 0 Å². The van der Waals surface area contributed by atoms with Crippen LogP contribution in [0, 0.1) is 13.8 Å². The Kier molecular flexibility index (Phi) is 8.91. The minimum Gasteiger partial charge on any atom is -0.496 e. The summed E-state index contributed by atoms with van der Waals surface area (Å²) in [5.41, 5.74) is 12.8. The number of nitrogens with zero attached hydrogens (tertiary/aromatic N) is 1. The second kappa shape index (κ2) is 11.9. The molecule has 7 heteroatoms. The van der Waals surface area contributed by atoms with E-state index in [-0.39, 0.29) is 24.6 Å². The molecule has 188 valence electrons. The van der Waals surface area contributed by atoms with Gasteiger partial charge in [-0.25, -0.2) is 0 Å². The molecule has 6 nitrogen and oxygen atoms in total. The number of Topliss-reactive ketones (excluding diaryl/α,β-unsaturated/α-hetero) is 1. The second-order valence-corrected chi connectivity index (χ2v) is 8.65. The van der Waals surface area contributed by atoms with Crippen molar-refractivity contribution in [1.82, 2.24) is 5.16 Å². The first-order valence-corrected chi connectivity index (χ1v) is 11.5. The van der Waals surface area contributed by atoms with Gasteiger partial charge in [0.2, 0.25) is 0 Å². The molecule has 2 N–H and O–H groups in total. The summed E-state index contributed by atoms with van der Waals surface area (Å²) in [7, 11) is 3.25. The number of aryl methyl sites for hydroxylation is 1. The Labute approximate surface area is 217 Å². The zero-order valence-electron chi connectivity index (χ0n) is 20.9. The first-order chi connectivity index (χ1) is 16.9. The zero-order chi connectivity index (χ0) is 24.9. The van der Waals surface area contributed by atoms with Gasteiger partial charge in [0.1, 0.15) is 11.5 Å². The van der Waals surface area contributed by atoms with Gasteiger partial charge in [0.05, 0.1) is 26.5 Å². The Balaban J connectivity index is 0.00000361. The standard InChI is InChI=1S/C29H30N2O4.ClH/c1-18-12-23(16-28(34-4)19(18)2)29-24(17-31-35-29)21-10-11-27(33-3)22(14-21)15-26(32)25(30)13-20-8-6-5-7-9-20;/h5-12,14,16-17,25H,13,15,30H2,1-4H3;1H. The zero-order valence-corrected chi connectivity index (χ0v) is 21.7. The molecule has 0 saturated carbocycles. The van der Waals surface area contributed by atoms with Gasteiger partial charge >= 0.3 is 0 Å². The van der Waals surface area contributed by atoms with Crippen molar-refractivity contribution < 1.29 is 18.8 Å².